The van der Waals surface area contributed by atoms with Gasteiger partial charge in [0.15, 0.2) is 0 Å². The average molecular weight is 505 g/mol. The first kappa shape index (κ1) is 24.6. The molecule has 0 spiro atoms. The van der Waals surface area contributed by atoms with Crippen LogP contribution in [0.15, 0.2) is 65.8 Å². The summed E-state index contributed by atoms with van der Waals surface area (Å²) in [7, 11) is 0. The largest absolute Gasteiger partial charge is 0.488 e. The van der Waals surface area contributed by atoms with Gasteiger partial charge in [0.05, 0.1) is 6.21 Å². The Bertz CT molecular complexity index is 1160. The van der Waals surface area contributed by atoms with Crippen LogP contribution in [0.5, 0.6) is 5.75 Å². The van der Waals surface area contributed by atoms with Gasteiger partial charge in [-0.1, -0.05) is 70.7 Å². The second kappa shape index (κ2) is 11.7. The van der Waals surface area contributed by atoms with E-state index in [2.05, 4.69) is 15.8 Å². The van der Waals surface area contributed by atoms with Crippen molar-refractivity contribution in [3.8, 4) is 5.75 Å². The molecule has 9 heteroatoms. The van der Waals surface area contributed by atoms with Crippen LogP contribution in [-0.2, 0) is 22.7 Å². The SMILES string of the molecule is Cc1ccc(CNC(=O)C(=O)N/N=C\c2cc(Cl)ccc2OCc2c(Cl)cccc2Cl)cc1. The van der Waals surface area contributed by atoms with E-state index in [-0.39, 0.29) is 13.2 Å². The van der Waals surface area contributed by atoms with Gasteiger partial charge in [-0.15, -0.1) is 0 Å². The molecular formula is C24H20Cl3N3O3. The Morgan fingerprint density at radius 3 is 2.36 bits per heavy atom. The molecule has 0 fully saturated rings. The highest BCUT2D eigenvalue weighted by atomic mass is 35.5. The Morgan fingerprint density at radius 2 is 1.67 bits per heavy atom. The van der Waals surface area contributed by atoms with Crippen LogP contribution in [0.1, 0.15) is 22.3 Å². The molecule has 33 heavy (non-hydrogen) atoms. The van der Waals surface area contributed by atoms with E-state index in [1.165, 1.54) is 6.21 Å². The van der Waals surface area contributed by atoms with Crippen molar-refractivity contribution in [1.82, 2.24) is 10.7 Å². The summed E-state index contributed by atoms with van der Waals surface area (Å²) in [5, 5.41) is 7.80. The molecule has 0 heterocycles. The molecule has 3 rings (SSSR count). The zero-order valence-corrected chi connectivity index (χ0v) is 19.8. The zero-order chi connectivity index (χ0) is 23.8. The van der Waals surface area contributed by atoms with E-state index >= 15 is 0 Å². The van der Waals surface area contributed by atoms with Crippen LogP contribution in [0, 0.1) is 6.92 Å². The summed E-state index contributed by atoms with van der Waals surface area (Å²) in [5.41, 5.74) is 5.31. The van der Waals surface area contributed by atoms with Crippen molar-refractivity contribution in [2.45, 2.75) is 20.1 Å². The molecular weight excluding hydrogens is 485 g/mol. The van der Waals surface area contributed by atoms with E-state index in [9.17, 15) is 9.59 Å². The zero-order valence-electron chi connectivity index (χ0n) is 17.6. The molecule has 3 aromatic rings. The fourth-order valence-corrected chi connectivity index (χ4v) is 3.44. The van der Waals surface area contributed by atoms with E-state index < -0.39 is 11.8 Å². The van der Waals surface area contributed by atoms with Crippen LogP contribution in [-0.4, -0.2) is 18.0 Å². The summed E-state index contributed by atoms with van der Waals surface area (Å²) >= 11 is 18.4. The van der Waals surface area contributed by atoms with Gasteiger partial charge in [-0.2, -0.15) is 5.10 Å². The first-order valence-electron chi connectivity index (χ1n) is 9.85. The molecule has 6 nitrogen and oxygen atoms in total. The van der Waals surface area contributed by atoms with Gasteiger partial charge in [-0.05, 0) is 42.8 Å². The lowest BCUT2D eigenvalue weighted by molar-refractivity contribution is -0.139. The first-order valence-corrected chi connectivity index (χ1v) is 11.0. The number of halogens is 3. The van der Waals surface area contributed by atoms with E-state index in [0.29, 0.717) is 31.9 Å². The summed E-state index contributed by atoms with van der Waals surface area (Å²) in [6.45, 7) is 2.32. The molecule has 0 saturated heterocycles. The van der Waals surface area contributed by atoms with Gasteiger partial charge in [0.25, 0.3) is 0 Å². The van der Waals surface area contributed by atoms with Crippen molar-refractivity contribution in [2.75, 3.05) is 0 Å². The highest BCUT2D eigenvalue weighted by molar-refractivity contribution is 6.36. The van der Waals surface area contributed by atoms with Gasteiger partial charge in [0, 0.05) is 32.7 Å². The molecule has 170 valence electrons. The van der Waals surface area contributed by atoms with Crippen molar-refractivity contribution < 1.29 is 14.3 Å². The minimum absolute atomic E-state index is 0.120. The molecule has 0 radical (unpaired) electrons. The number of benzene rings is 3. The lowest BCUT2D eigenvalue weighted by atomic mass is 10.1. The number of hydrazone groups is 1. The minimum Gasteiger partial charge on any atom is -0.488 e. The Hall–Kier alpha value is -3.06. The Labute approximate surface area is 206 Å². The number of aryl methyl sites for hydroxylation is 1. The highest BCUT2D eigenvalue weighted by Crippen LogP contribution is 2.27. The molecule has 0 aliphatic rings. The number of rotatable bonds is 7. The molecule has 0 saturated carbocycles. The van der Waals surface area contributed by atoms with Crippen molar-refractivity contribution >= 4 is 52.8 Å². The highest BCUT2D eigenvalue weighted by Gasteiger charge is 2.13. The van der Waals surface area contributed by atoms with Gasteiger partial charge in [0.1, 0.15) is 12.4 Å². The molecule has 0 aromatic heterocycles. The average Bonchev–Trinajstić information content (AvgIpc) is 2.79. The quantitative estimate of drug-likeness (QED) is 0.260. The maximum absolute atomic E-state index is 12.0. The van der Waals surface area contributed by atoms with Gasteiger partial charge in [0.2, 0.25) is 0 Å². The number of ether oxygens (including phenoxy) is 1. The van der Waals surface area contributed by atoms with Crippen molar-refractivity contribution in [3.63, 3.8) is 0 Å². The number of carbonyl (C=O) groups excluding carboxylic acids is 2. The third-order valence-corrected chi connectivity index (χ3v) is 5.50. The Balaban J connectivity index is 1.59. The third kappa shape index (κ3) is 7.22. The van der Waals surface area contributed by atoms with Crippen LogP contribution in [0.4, 0.5) is 0 Å². The summed E-state index contributed by atoms with van der Waals surface area (Å²) < 4.78 is 5.83. The van der Waals surface area contributed by atoms with Crippen LogP contribution < -0.4 is 15.5 Å². The number of nitrogens with one attached hydrogen (secondary N) is 2. The molecule has 2 amide bonds. The van der Waals surface area contributed by atoms with E-state index in [0.717, 1.165) is 11.1 Å². The minimum atomic E-state index is -0.897. The molecule has 0 bridgehead atoms. The number of carbonyl (C=O) groups is 2. The third-order valence-electron chi connectivity index (χ3n) is 4.56. The van der Waals surface area contributed by atoms with Crippen molar-refractivity contribution in [3.05, 3.63) is 98.0 Å². The topological polar surface area (TPSA) is 79.8 Å². The Kier molecular flexibility index (Phi) is 8.72. The van der Waals surface area contributed by atoms with Crippen LogP contribution in [0.3, 0.4) is 0 Å². The lowest BCUT2D eigenvalue weighted by Crippen LogP contribution is -2.37. The molecule has 2 N–H and O–H groups in total. The molecule has 3 aromatic carbocycles. The molecule has 0 unspecified atom stereocenters. The van der Waals surface area contributed by atoms with Crippen LogP contribution in [0.2, 0.25) is 15.1 Å². The first-order chi connectivity index (χ1) is 15.8. The number of hydrogen-bond donors (Lipinski definition) is 2. The summed E-state index contributed by atoms with van der Waals surface area (Å²) in [5.74, 6) is -1.26. The van der Waals surface area contributed by atoms with E-state index in [4.69, 9.17) is 39.5 Å². The monoisotopic (exact) mass is 503 g/mol. The number of hydrogen-bond acceptors (Lipinski definition) is 4. The van der Waals surface area contributed by atoms with Gasteiger partial charge in [-0.3, -0.25) is 9.59 Å². The predicted octanol–water partition coefficient (Wildman–Crippen LogP) is 5.30. The van der Waals surface area contributed by atoms with Crippen LogP contribution >= 0.6 is 34.8 Å². The molecule has 0 aliphatic heterocycles. The second-order valence-corrected chi connectivity index (χ2v) is 8.29. The van der Waals surface area contributed by atoms with Crippen LogP contribution in [0.25, 0.3) is 0 Å². The number of nitrogens with zero attached hydrogens (tertiary/aromatic N) is 1. The smallest absolute Gasteiger partial charge is 0.329 e. The summed E-state index contributed by atoms with van der Waals surface area (Å²) in [4.78, 5) is 24.0. The fourth-order valence-electron chi connectivity index (χ4n) is 2.75. The maximum atomic E-state index is 12.0. The molecule has 0 atom stereocenters. The van der Waals surface area contributed by atoms with Crippen molar-refractivity contribution in [1.29, 1.82) is 0 Å². The summed E-state index contributed by atoms with van der Waals surface area (Å²) in [6.07, 6.45) is 1.33. The van der Waals surface area contributed by atoms with Gasteiger partial charge in [-0.25, -0.2) is 5.43 Å². The maximum Gasteiger partial charge on any atom is 0.329 e. The van der Waals surface area contributed by atoms with Gasteiger partial charge < -0.3 is 10.1 Å². The van der Waals surface area contributed by atoms with Crippen molar-refractivity contribution in [2.24, 2.45) is 5.10 Å². The second-order valence-electron chi connectivity index (χ2n) is 7.04. The lowest BCUT2D eigenvalue weighted by Gasteiger charge is -2.12. The number of amides is 2. The Morgan fingerprint density at radius 1 is 0.970 bits per heavy atom. The normalized spacial score (nSPS) is 10.8. The molecule has 0 aliphatic carbocycles. The van der Waals surface area contributed by atoms with E-state index in [1.807, 2.05) is 31.2 Å². The van der Waals surface area contributed by atoms with Gasteiger partial charge >= 0.3 is 11.8 Å². The summed E-state index contributed by atoms with van der Waals surface area (Å²) in [6, 6.07) is 17.7. The van der Waals surface area contributed by atoms with E-state index in [1.54, 1.807) is 36.4 Å². The predicted molar refractivity (Wildman–Crippen MR) is 131 cm³/mol. The standard InChI is InChI=1S/C24H20Cl3N3O3/c1-15-5-7-16(8-6-15)12-28-23(31)24(32)30-29-13-17-11-18(25)9-10-22(17)33-14-19-20(26)3-2-4-21(19)27/h2-11,13H,12,14H2,1H3,(H,28,31)(H,30,32)/b29-13-. The fraction of sp³-hybridized carbons (Fsp3) is 0.125.